The van der Waals surface area contributed by atoms with E-state index in [1.807, 2.05) is 33.0 Å². The van der Waals surface area contributed by atoms with Crippen molar-refractivity contribution in [3.8, 4) is 11.1 Å². The molecule has 4 nitrogen and oxygen atoms in total. The maximum atomic E-state index is 15.1. The van der Waals surface area contributed by atoms with Crippen molar-refractivity contribution in [2.45, 2.75) is 79.7 Å². The minimum absolute atomic E-state index is 0.265. The van der Waals surface area contributed by atoms with Gasteiger partial charge in [-0.15, -0.1) is 0 Å². The lowest BCUT2D eigenvalue weighted by Gasteiger charge is -2.20. The molecule has 0 amide bonds. The summed E-state index contributed by atoms with van der Waals surface area (Å²) in [5.41, 5.74) is 5.08. The summed E-state index contributed by atoms with van der Waals surface area (Å²) in [7, 11) is 0. The summed E-state index contributed by atoms with van der Waals surface area (Å²) >= 11 is 0. The zero-order valence-corrected chi connectivity index (χ0v) is 19.7. The Morgan fingerprint density at radius 3 is 2.39 bits per heavy atom. The second kappa shape index (κ2) is 10.1. The number of nitrogens with zero attached hydrogens (tertiary/aromatic N) is 3. The summed E-state index contributed by atoms with van der Waals surface area (Å²) in [4.78, 5) is 12.5. The quantitative estimate of drug-likeness (QED) is 0.331. The molecule has 166 valence electrons. The first kappa shape index (κ1) is 23.0. The predicted molar refractivity (Wildman–Crippen MR) is 129 cm³/mol. The van der Waals surface area contributed by atoms with Crippen LogP contribution >= 0.6 is 0 Å². The topological polar surface area (TPSA) is 46.5 Å². The van der Waals surface area contributed by atoms with Crippen molar-refractivity contribution in [1.82, 2.24) is 19.5 Å². The molecule has 0 unspecified atom stereocenters. The van der Waals surface area contributed by atoms with E-state index < -0.39 is 0 Å². The molecule has 1 aromatic carbocycles. The Labute approximate surface area is 184 Å². The van der Waals surface area contributed by atoms with Crippen LogP contribution in [0.25, 0.3) is 33.2 Å². The Hall–Kier alpha value is -2.69. The first-order chi connectivity index (χ1) is 15.1. The first-order valence-corrected chi connectivity index (χ1v) is 11.7. The molecule has 4 rings (SSSR count). The van der Waals surface area contributed by atoms with E-state index in [1.54, 1.807) is 6.07 Å². The molecule has 0 fully saturated rings. The van der Waals surface area contributed by atoms with Crippen LogP contribution in [-0.2, 0) is 6.42 Å². The van der Waals surface area contributed by atoms with Gasteiger partial charge in [0.05, 0.1) is 5.52 Å². The third kappa shape index (κ3) is 4.36. The molecule has 0 aliphatic heterocycles. The minimum atomic E-state index is -0.265. The number of hydrogen-bond donors (Lipinski definition) is 1. The van der Waals surface area contributed by atoms with Crippen LogP contribution in [0, 0.1) is 12.7 Å². The number of hydrogen-bond acceptors (Lipinski definition) is 2. The highest BCUT2D eigenvalue weighted by Gasteiger charge is 2.20. The number of aromatic amines is 1. The van der Waals surface area contributed by atoms with Gasteiger partial charge >= 0.3 is 0 Å². The van der Waals surface area contributed by atoms with E-state index in [9.17, 15) is 0 Å². The summed E-state index contributed by atoms with van der Waals surface area (Å²) < 4.78 is 17.3. The number of halogens is 1. The summed E-state index contributed by atoms with van der Waals surface area (Å²) in [5.74, 6) is 0.620. The van der Waals surface area contributed by atoms with E-state index >= 15 is 4.39 Å². The smallest absolute Gasteiger partial charge is 0.151 e. The van der Waals surface area contributed by atoms with Crippen molar-refractivity contribution in [3.63, 3.8) is 0 Å². The average Bonchev–Trinajstić information content (AvgIpc) is 3.35. The molecule has 3 aromatic heterocycles. The van der Waals surface area contributed by atoms with Crippen LogP contribution in [0.2, 0.25) is 0 Å². The van der Waals surface area contributed by atoms with Crippen LogP contribution in [0.3, 0.4) is 0 Å². The van der Waals surface area contributed by atoms with E-state index in [4.69, 9.17) is 0 Å². The van der Waals surface area contributed by atoms with Gasteiger partial charge in [-0.2, -0.15) is 0 Å². The molecule has 0 spiro atoms. The Balaban J connectivity index is 0.00000132. The molecular formula is C26H35FN4. The van der Waals surface area contributed by atoms with Crippen molar-refractivity contribution < 1.29 is 4.39 Å². The molecule has 3 heterocycles. The van der Waals surface area contributed by atoms with Crippen molar-refractivity contribution in [1.29, 1.82) is 0 Å². The number of fused-ring (bicyclic) bond motifs is 2. The molecule has 4 aromatic rings. The number of pyridine rings is 1. The van der Waals surface area contributed by atoms with Crippen LogP contribution in [-0.4, -0.2) is 19.5 Å². The fraction of sp³-hybridized carbons (Fsp3) is 0.462. The summed E-state index contributed by atoms with van der Waals surface area (Å²) in [6, 6.07) is 8.16. The number of rotatable bonds is 7. The lowest BCUT2D eigenvalue weighted by molar-refractivity contribution is 0.428. The molecule has 0 aliphatic carbocycles. The van der Waals surface area contributed by atoms with E-state index in [2.05, 4.69) is 52.4 Å². The van der Waals surface area contributed by atoms with Crippen molar-refractivity contribution in [2.75, 3.05) is 0 Å². The molecule has 0 saturated heterocycles. The molecule has 0 aliphatic rings. The van der Waals surface area contributed by atoms with Crippen LogP contribution in [0.1, 0.15) is 77.9 Å². The Bertz CT molecular complexity index is 1150. The van der Waals surface area contributed by atoms with Gasteiger partial charge < -0.3 is 9.55 Å². The highest BCUT2D eigenvalue weighted by Crippen LogP contribution is 2.34. The highest BCUT2D eigenvalue weighted by atomic mass is 19.1. The summed E-state index contributed by atoms with van der Waals surface area (Å²) in [5, 5.41) is 1.02. The zero-order valence-electron chi connectivity index (χ0n) is 19.7. The maximum absolute atomic E-state index is 15.1. The molecule has 31 heavy (non-hydrogen) atoms. The van der Waals surface area contributed by atoms with Crippen LogP contribution in [0.5, 0.6) is 0 Å². The molecule has 1 N–H and O–H groups in total. The van der Waals surface area contributed by atoms with E-state index in [1.165, 1.54) is 0 Å². The summed E-state index contributed by atoms with van der Waals surface area (Å²) in [6.07, 6.45) is 7.16. The Kier molecular flexibility index (Phi) is 7.47. The van der Waals surface area contributed by atoms with Gasteiger partial charge in [-0.25, -0.2) is 14.4 Å². The number of benzene rings is 1. The van der Waals surface area contributed by atoms with Gasteiger partial charge in [0.2, 0.25) is 0 Å². The minimum Gasteiger partial charge on any atom is -0.346 e. The molecular weight excluding hydrogens is 387 g/mol. The van der Waals surface area contributed by atoms with Gasteiger partial charge in [0.1, 0.15) is 17.0 Å². The number of aromatic nitrogens is 4. The van der Waals surface area contributed by atoms with Gasteiger partial charge in [-0.3, -0.25) is 0 Å². The summed E-state index contributed by atoms with van der Waals surface area (Å²) in [6.45, 7) is 12.5. The fourth-order valence-electron chi connectivity index (χ4n) is 4.44. The van der Waals surface area contributed by atoms with Crippen molar-refractivity contribution >= 4 is 22.1 Å². The van der Waals surface area contributed by atoms with Crippen molar-refractivity contribution in [3.05, 3.63) is 47.8 Å². The SMILES string of the molecule is CC.CCCC(CCC)n1c(C)nc2c(F)cc(-c3c[nH]c4nc(CC)ccc34)cc21. The number of H-pyrrole nitrogens is 1. The van der Waals surface area contributed by atoms with Gasteiger partial charge in [0, 0.05) is 28.9 Å². The second-order valence-electron chi connectivity index (χ2n) is 7.84. The van der Waals surface area contributed by atoms with Gasteiger partial charge in [0.25, 0.3) is 0 Å². The monoisotopic (exact) mass is 422 g/mol. The number of aryl methyl sites for hydroxylation is 2. The van der Waals surface area contributed by atoms with Crippen molar-refractivity contribution in [2.24, 2.45) is 0 Å². The Morgan fingerprint density at radius 2 is 1.74 bits per heavy atom. The highest BCUT2D eigenvalue weighted by molar-refractivity contribution is 5.96. The van der Waals surface area contributed by atoms with Crippen LogP contribution < -0.4 is 0 Å². The molecule has 0 bridgehead atoms. The van der Waals surface area contributed by atoms with Gasteiger partial charge in [-0.05, 0) is 56.0 Å². The molecule has 0 radical (unpaired) electrons. The van der Waals surface area contributed by atoms with Crippen LogP contribution in [0.15, 0.2) is 30.5 Å². The van der Waals surface area contributed by atoms with E-state index in [0.29, 0.717) is 11.6 Å². The van der Waals surface area contributed by atoms with Gasteiger partial charge in [-0.1, -0.05) is 47.5 Å². The maximum Gasteiger partial charge on any atom is 0.151 e. The molecule has 0 atom stereocenters. The van der Waals surface area contributed by atoms with E-state index in [-0.39, 0.29) is 5.82 Å². The standard InChI is InChI=1S/C24H29FN4.C2H6/c1-5-8-18(9-6-2)29-15(4)27-23-21(25)12-16(13-22(23)29)20-14-26-24-19(20)11-10-17(7-3)28-24;1-2/h10-14,18H,5-9H2,1-4H3,(H,26,28);1-2H3. The number of imidazole rings is 1. The lowest BCUT2D eigenvalue weighted by Crippen LogP contribution is -2.10. The lowest BCUT2D eigenvalue weighted by atomic mass is 10.0. The normalized spacial score (nSPS) is 11.4. The third-order valence-electron chi connectivity index (χ3n) is 5.80. The fourth-order valence-corrected chi connectivity index (χ4v) is 4.44. The molecule has 5 heteroatoms. The molecule has 0 saturated carbocycles. The Morgan fingerprint density at radius 1 is 1.03 bits per heavy atom. The third-order valence-corrected chi connectivity index (χ3v) is 5.80. The first-order valence-electron chi connectivity index (χ1n) is 11.7. The average molecular weight is 423 g/mol. The zero-order chi connectivity index (χ0) is 22.5. The predicted octanol–water partition coefficient (Wildman–Crippen LogP) is 7.76. The number of nitrogens with one attached hydrogen (secondary N) is 1. The van der Waals surface area contributed by atoms with Gasteiger partial charge in [0.15, 0.2) is 5.82 Å². The largest absolute Gasteiger partial charge is 0.346 e. The van der Waals surface area contributed by atoms with Crippen LogP contribution in [0.4, 0.5) is 4.39 Å². The second-order valence-corrected chi connectivity index (χ2v) is 7.84. The van der Waals surface area contributed by atoms with E-state index in [0.717, 1.165) is 71.3 Å².